The molecule has 4 bridgehead atoms. The highest BCUT2D eigenvalue weighted by atomic mass is 14.6. The van der Waals surface area contributed by atoms with E-state index in [2.05, 4.69) is 43.3 Å². The Bertz CT molecular complexity index is 677. The van der Waals surface area contributed by atoms with Crippen LogP contribution < -0.4 is 0 Å². The van der Waals surface area contributed by atoms with Crippen LogP contribution in [0.5, 0.6) is 0 Å². The summed E-state index contributed by atoms with van der Waals surface area (Å²) in [6.07, 6.45) is 7.49. The van der Waals surface area contributed by atoms with Crippen molar-refractivity contribution in [2.24, 2.45) is 17.8 Å². The van der Waals surface area contributed by atoms with Gasteiger partial charge in [0, 0.05) is 0 Å². The van der Waals surface area contributed by atoms with Gasteiger partial charge in [0.05, 0.1) is 0 Å². The minimum Gasteiger partial charge on any atom is -0.0616 e. The van der Waals surface area contributed by atoms with E-state index >= 15 is 0 Å². The van der Waals surface area contributed by atoms with Crippen molar-refractivity contribution in [2.45, 2.75) is 44.4 Å². The lowest BCUT2D eigenvalue weighted by atomic mass is 9.65. The van der Waals surface area contributed by atoms with Gasteiger partial charge in [-0.3, -0.25) is 0 Å². The monoisotopic (exact) mass is 262 g/mol. The van der Waals surface area contributed by atoms with Gasteiger partial charge < -0.3 is 0 Å². The maximum atomic E-state index is 2.46. The molecule has 0 heteroatoms. The average Bonchev–Trinajstić information content (AvgIpc) is 2.87. The van der Waals surface area contributed by atoms with E-state index in [1.54, 1.807) is 5.56 Å². The fourth-order valence-electron chi connectivity index (χ4n) is 6.05. The van der Waals surface area contributed by atoms with Crippen LogP contribution in [0, 0.1) is 24.7 Å². The van der Waals surface area contributed by atoms with E-state index < -0.39 is 0 Å². The normalized spacial score (nSPS) is 38.0. The molecule has 0 amide bonds. The maximum Gasteiger partial charge on any atom is -0.00327 e. The Balaban J connectivity index is 1.74. The average molecular weight is 262 g/mol. The summed E-state index contributed by atoms with van der Waals surface area (Å²) >= 11 is 0. The van der Waals surface area contributed by atoms with Crippen LogP contribution >= 0.6 is 0 Å². The first-order valence-electron chi connectivity index (χ1n) is 8.24. The summed E-state index contributed by atoms with van der Waals surface area (Å²) in [4.78, 5) is 0. The molecule has 0 heterocycles. The van der Waals surface area contributed by atoms with E-state index in [-0.39, 0.29) is 0 Å². The van der Waals surface area contributed by atoms with E-state index in [0.717, 1.165) is 17.8 Å². The molecule has 20 heavy (non-hydrogen) atoms. The van der Waals surface area contributed by atoms with Crippen LogP contribution in [0.3, 0.4) is 0 Å². The lowest BCUT2D eigenvalue weighted by Crippen LogP contribution is -2.31. The molecule has 0 aliphatic heterocycles. The highest BCUT2D eigenvalue weighted by Gasteiger charge is 2.56. The zero-order valence-electron chi connectivity index (χ0n) is 12.2. The van der Waals surface area contributed by atoms with Crippen LogP contribution in [0.4, 0.5) is 0 Å². The SMILES string of the molecule is Cc1ccc(C23CC4CC(C2)C(C4)C3)c2ccccc12. The summed E-state index contributed by atoms with van der Waals surface area (Å²) < 4.78 is 0. The van der Waals surface area contributed by atoms with Gasteiger partial charge in [-0.05, 0) is 84.1 Å². The first-order chi connectivity index (χ1) is 9.75. The molecule has 0 nitrogen and oxygen atoms in total. The van der Waals surface area contributed by atoms with Crippen LogP contribution in [0.2, 0.25) is 0 Å². The van der Waals surface area contributed by atoms with Gasteiger partial charge in [0.1, 0.15) is 0 Å². The molecule has 4 aliphatic rings. The Morgan fingerprint density at radius 1 is 0.850 bits per heavy atom. The van der Waals surface area contributed by atoms with Crippen molar-refractivity contribution < 1.29 is 0 Å². The van der Waals surface area contributed by atoms with Crippen LogP contribution in [0.15, 0.2) is 36.4 Å². The fraction of sp³-hybridized carbons (Fsp3) is 0.500. The molecule has 102 valence electrons. The van der Waals surface area contributed by atoms with E-state index in [1.807, 2.05) is 0 Å². The molecule has 4 saturated carbocycles. The Kier molecular flexibility index (Phi) is 2.08. The summed E-state index contributed by atoms with van der Waals surface area (Å²) in [6.45, 7) is 2.25. The van der Waals surface area contributed by atoms with E-state index in [1.165, 1.54) is 48.4 Å². The highest BCUT2D eigenvalue weighted by molar-refractivity contribution is 5.89. The Hall–Kier alpha value is -1.30. The van der Waals surface area contributed by atoms with Crippen molar-refractivity contribution in [3.8, 4) is 0 Å². The predicted molar refractivity (Wildman–Crippen MR) is 83.9 cm³/mol. The van der Waals surface area contributed by atoms with E-state index in [9.17, 15) is 0 Å². The standard InChI is InChI=1S/C20H22/c1-13-6-7-19(18-5-3-2-4-17(13)18)20-10-14-8-15(11-20)16(9-14)12-20/h2-7,14-16H,8-12H2,1H3. The molecule has 2 aromatic carbocycles. The second-order valence-corrected chi connectivity index (χ2v) is 7.73. The molecule has 0 N–H and O–H groups in total. The Morgan fingerprint density at radius 3 is 2.25 bits per heavy atom. The molecule has 4 aliphatic carbocycles. The molecular weight excluding hydrogens is 240 g/mol. The van der Waals surface area contributed by atoms with E-state index in [0.29, 0.717) is 5.41 Å². The zero-order chi connectivity index (χ0) is 13.3. The van der Waals surface area contributed by atoms with Crippen molar-refractivity contribution in [3.05, 3.63) is 47.5 Å². The van der Waals surface area contributed by atoms with Crippen molar-refractivity contribution in [2.75, 3.05) is 0 Å². The second-order valence-electron chi connectivity index (χ2n) is 7.73. The van der Waals surface area contributed by atoms with Gasteiger partial charge in [0.15, 0.2) is 0 Å². The first kappa shape index (κ1) is 11.4. The Morgan fingerprint density at radius 2 is 1.55 bits per heavy atom. The summed E-state index contributed by atoms with van der Waals surface area (Å²) in [7, 11) is 0. The largest absolute Gasteiger partial charge is 0.0616 e. The van der Waals surface area contributed by atoms with Gasteiger partial charge in [-0.2, -0.15) is 0 Å². The smallest absolute Gasteiger partial charge is 0.00327 e. The molecule has 2 aromatic rings. The van der Waals surface area contributed by atoms with Gasteiger partial charge in [0.25, 0.3) is 0 Å². The molecule has 4 fully saturated rings. The number of hydrogen-bond donors (Lipinski definition) is 0. The van der Waals surface area contributed by atoms with Crippen molar-refractivity contribution in [3.63, 3.8) is 0 Å². The van der Waals surface area contributed by atoms with Gasteiger partial charge >= 0.3 is 0 Å². The molecule has 0 aromatic heterocycles. The number of benzene rings is 2. The number of hydrogen-bond acceptors (Lipinski definition) is 0. The number of fused-ring (bicyclic) bond motifs is 1. The maximum absolute atomic E-state index is 2.46. The summed E-state index contributed by atoms with van der Waals surface area (Å²) in [5, 5.41) is 3.01. The van der Waals surface area contributed by atoms with Gasteiger partial charge in [-0.1, -0.05) is 36.4 Å². The van der Waals surface area contributed by atoms with Crippen LogP contribution in [-0.2, 0) is 5.41 Å². The molecule has 2 atom stereocenters. The minimum atomic E-state index is 0.532. The molecule has 2 unspecified atom stereocenters. The van der Waals surface area contributed by atoms with Crippen LogP contribution in [0.25, 0.3) is 10.8 Å². The summed E-state index contributed by atoms with van der Waals surface area (Å²) in [5.41, 5.74) is 3.64. The quantitative estimate of drug-likeness (QED) is 0.660. The molecule has 0 saturated heterocycles. The van der Waals surface area contributed by atoms with Crippen LogP contribution in [-0.4, -0.2) is 0 Å². The highest BCUT2D eigenvalue weighted by Crippen LogP contribution is 2.65. The van der Waals surface area contributed by atoms with Crippen molar-refractivity contribution in [1.82, 2.24) is 0 Å². The second kappa shape index (κ2) is 3.67. The van der Waals surface area contributed by atoms with Gasteiger partial charge in [0.2, 0.25) is 0 Å². The minimum absolute atomic E-state index is 0.532. The third-order valence-electron chi connectivity index (χ3n) is 6.64. The van der Waals surface area contributed by atoms with Crippen LogP contribution in [0.1, 0.15) is 43.2 Å². The molecular formula is C20H22. The van der Waals surface area contributed by atoms with E-state index in [4.69, 9.17) is 0 Å². The predicted octanol–water partition coefficient (Wildman–Crippen LogP) is 5.23. The van der Waals surface area contributed by atoms with Crippen molar-refractivity contribution in [1.29, 1.82) is 0 Å². The summed E-state index contributed by atoms with van der Waals surface area (Å²) in [6, 6.07) is 13.9. The number of aryl methyl sites for hydroxylation is 1. The Labute approximate surface area is 121 Å². The third-order valence-corrected chi connectivity index (χ3v) is 6.64. The first-order valence-corrected chi connectivity index (χ1v) is 8.24. The number of rotatable bonds is 1. The fourth-order valence-corrected chi connectivity index (χ4v) is 6.05. The van der Waals surface area contributed by atoms with Gasteiger partial charge in [-0.25, -0.2) is 0 Å². The summed E-state index contributed by atoms with van der Waals surface area (Å²) in [5.74, 6) is 3.13. The van der Waals surface area contributed by atoms with Gasteiger partial charge in [-0.15, -0.1) is 0 Å². The lowest BCUT2D eigenvalue weighted by molar-refractivity contribution is 0.231. The molecule has 0 radical (unpaired) electrons. The van der Waals surface area contributed by atoms with Crippen molar-refractivity contribution >= 4 is 10.8 Å². The zero-order valence-corrected chi connectivity index (χ0v) is 12.2. The topological polar surface area (TPSA) is 0 Å². The molecule has 6 rings (SSSR count). The molecule has 0 spiro atoms. The third kappa shape index (κ3) is 1.33. The lowest BCUT2D eigenvalue weighted by Gasteiger charge is -2.39.